The Bertz CT molecular complexity index is 959. The fraction of sp³-hybridized carbons (Fsp3) is 0.100. The second-order valence-corrected chi connectivity index (χ2v) is 6.50. The summed E-state index contributed by atoms with van der Waals surface area (Å²) in [6.45, 7) is 3.90. The lowest BCUT2D eigenvalue weighted by atomic mass is 10.1. The van der Waals surface area contributed by atoms with Gasteiger partial charge in [0.2, 0.25) is 0 Å². The summed E-state index contributed by atoms with van der Waals surface area (Å²) in [5, 5.41) is 5.42. The maximum Gasteiger partial charge on any atom is 0.187 e. The first kappa shape index (κ1) is 17.5. The molecule has 3 nitrogen and oxygen atoms in total. The van der Waals surface area contributed by atoms with Crippen molar-refractivity contribution in [2.45, 2.75) is 13.8 Å². The van der Waals surface area contributed by atoms with E-state index in [4.69, 9.17) is 23.2 Å². The number of hydrogen-bond acceptors (Lipinski definition) is 2. The number of carbonyl (C=O) groups is 1. The Balaban J connectivity index is 1.92. The molecular formula is C20H16Cl2N2O. The van der Waals surface area contributed by atoms with E-state index in [-0.39, 0.29) is 5.78 Å². The molecule has 0 aliphatic rings. The summed E-state index contributed by atoms with van der Waals surface area (Å²) in [5.74, 6) is -0.173. The van der Waals surface area contributed by atoms with Crippen molar-refractivity contribution in [2.75, 3.05) is 0 Å². The quantitative estimate of drug-likeness (QED) is 0.436. The van der Waals surface area contributed by atoms with Crippen molar-refractivity contribution in [3.8, 4) is 5.69 Å². The van der Waals surface area contributed by atoms with Gasteiger partial charge in [0.05, 0.1) is 16.4 Å². The second-order valence-electron chi connectivity index (χ2n) is 5.65. The van der Waals surface area contributed by atoms with Crippen LogP contribution >= 0.6 is 23.2 Å². The van der Waals surface area contributed by atoms with Crippen LogP contribution in [0.5, 0.6) is 0 Å². The molecule has 0 aliphatic carbocycles. The molecule has 5 heteroatoms. The highest BCUT2D eigenvalue weighted by Crippen LogP contribution is 2.23. The third-order valence-corrected chi connectivity index (χ3v) is 4.49. The zero-order valence-electron chi connectivity index (χ0n) is 13.8. The maximum atomic E-state index is 12.4. The lowest BCUT2D eigenvalue weighted by Crippen LogP contribution is -1.98. The lowest BCUT2D eigenvalue weighted by Gasteiger charge is -2.03. The van der Waals surface area contributed by atoms with Crippen molar-refractivity contribution in [3.05, 3.63) is 87.2 Å². The minimum atomic E-state index is -0.173. The van der Waals surface area contributed by atoms with Crippen LogP contribution in [0.4, 0.5) is 0 Å². The number of allylic oxidation sites excluding steroid dienone is 1. The van der Waals surface area contributed by atoms with Crippen molar-refractivity contribution >= 4 is 35.1 Å². The molecule has 0 atom stereocenters. The van der Waals surface area contributed by atoms with Crippen molar-refractivity contribution in [3.63, 3.8) is 0 Å². The number of aryl methyl sites for hydroxylation is 1. The van der Waals surface area contributed by atoms with E-state index in [9.17, 15) is 4.79 Å². The summed E-state index contributed by atoms with van der Waals surface area (Å²) in [7, 11) is 0. The van der Waals surface area contributed by atoms with Crippen molar-refractivity contribution < 1.29 is 4.79 Å². The fourth-order valence-electron chi connectivity index (χ4n) is 2.65. The Morgan fingerprint density at radius 1 is 1.08 bits per heavy atom. The highest BCUT2D eigenvalue weighted by molar-refractivity contribution is 6.37. The van der Waals surface area contributed by atoms with Gasteiger partial charge in [0.15, 0.2) is 5.78 Å². The molecule has 0 spiro atoms. The highest BCUT2D eigenvalue weighted by Gasteiger charge is 2.12. The largest absolute Gasteiger partial charge is 0.289 e. The van der Waals surface area contributed by atoms with Crippen LogP contribution in [0, 0.1) is 13.8 Å². The summed E-state index contributed by atoms with van der Waals surface area (Å²) in [5.41, 5.74) is 4.15. The van der Waals surface area contributed by atoms with Gasteiger partial charge in [-0.15, -0.1) is 0 Å². The number of hydrogen-bond donors (Lipinski definition) is 0. The van der Waals surface area contributed by atoms with Gasteiger partial charge < -0.3 is 0 Å². The summed E-state index contributed by atoms with van der Waals surface area (Å²) < 4.78 is 1.87. The van der Waals surface area contributed by atoms with E-state index in [0.717, 1.165) is 22.6 Å². The van der Waals surface area contributed by atoms with Crippen LogP contribution in [-0.2, 0) is 0 Å². The smallest absolute Gasteiger partial charge is 0.187 e. The molecule has 3 rings (SSSR count). The van der Waals surface area contributed by atoms with Crippen LogP contribution in [0.3, 0.4) is 0 Å². The van der Waals surface area contributed by atoms with Crippen molar-refractivity contribution in [1.29, 1.82) is 0 Å². The fourth-order valence-corrected chi connectivity index (χ4v) is 3.16. The zero-order valence-corrected chi connectivity index (χ0v) is 15.3. The highest BCUT2D eigenvalue weighted by atomic mass is 35.5. The van der Waals surface area contributed by atoms with E-state index in [1.165, 1.54) is 6.08 Å². The molecule has 126 valence electrons. The molecule has 3 aromatic rings. The Kier molecular flexibility index (Phi) is 5.07. The van der Waals surface area contributed by atoms with E-state index >= 15 is 0 Å². The number of nitrogens with zero attached hydrogens (tertiary/aromatic N) is 2. The molecule has 0 N–H and O–H groups in total. The topological polar surface area (TPSA) is 34.9 Å². The first-order valence-corrected chi connectivity index (χ1v) is 8.52. The number of rotatable bonds is 4. The molecule has 0 saturated carbocycles. The number of ketones is 1. The van der Waals surface area contributed by atoms with Crippen LogP contribution in [-0.4, -0.2) is 15.6 Å². The van der Waals surface area contributed by atoms with Crippen LogP contribution in [0.2, 0.25) is 10.0 Å². The zero-order chi connectivity index (χ0) is 18.0. The Hall–Kier alpha value is -2.36. The predicted molar refractivity (Wildman–Crippen MR) is 103 cm³/mol. The van der Waals surface area contributed by atoms with Gasteiger partial charge in [0.25, 0.3) is 0 Å². The second kappa shape index (κ2) is 7.26. The van der Waals surface area contributed by atoms with Gasteiger partial charge in [0.1, 0.15) is 0 Å². The molecule has 1 aromatic heterocycles. The van der Waals surface area contributed by atoms with E-state index in [1.807, 2.05) is 48.9 Å². The number of benzene rings is 2. The molecule has 0 saturated heterocycles. The molecule has 0 unspecified atom stereocenters. The third-order valence-electron chi connectivity index (χ3n) is 3.95. The van der Waals surface area contributed by atoms with Crippen LogP contribution in [0.15, 0.2) is 54.6 Å². The number of para-hydroxylation sites is 1. The first-order valence-electron chi connectivity index (χ1n) is 7.76. The summed E-state index contributed by atoms with van der Waals surface area (Å²) in [6, 6.07) is 14.7. The Morgan fingerprint density at radius 2 is 1.80 bits per heavy atom. The van der Waals surface area contributed by atoms with Crippen molar-refractivity contribution in [2.24, 2.45) is 0 Å². The molecule has 0 radical (unpaired) electrons. The molecule has 0 bridgehead atoms. The van der Waals surface area contributed by atoms with Crippen LogP contribution in [0.1, 0.15) is 27.3 Å². The standard InChI is InChI=1S/C20H16Cl2N2O/c1-13-17(14(2)24(23-13)16-6-4-3-5-7-16)10-11-20(25)18-9-8-15(21)12-19(18)22/h3-12H,1-2H3/b11-10+. The minimum absolute atomic E-state index is 0.173. The Labute approximate surface area is 156 Å². The van der Waals surface area contributed by atoms with Crippen molar-refractivity contribution in [1.82, 2.24) is 9.78 Å². The van der Waals surface area contributed by atoms with Gasteiger partial charge in [-0.05, 0) is 56.3 Å². The molecule has 25 heavy (non-hydrogen) atoms. The summed E-state index contributed by atoms with van der Waals surface area (Å²) in [4.78, 5) is 12.4. The first-order chi connectivity index (χ1) is 12.0. The third kappa shape index (κ3) is 3.68. The van der Waals surface area contributed by atoms with E-state index < -0.39 is 0 Å². The van der Waals surface area contributed by atoms with E-state index in [2.05, 4.69) is 5.10 Å². The van der Waals surface area contributed by atoms with Gasteiger partial charge in [-0.1, -0.05) is 41.4 Å². The molecule has 2 aromatic carbocycles. The molecule has 0 amide bonds. The number of aromatic nitrogens is 2. The minimum Gasteiger partial charge on any atom is -0.289 e. The summed E-state index contributed by atoms with van der Waals surface area (Å²) in [6.07, 6.45) is 3.30. The van der Waals surface area contributed by atoms with Crippen LogP contribution < -0.4 is 0 Å². The maximum absolute atomic E-state index is 12.4. The van der Waals surface area contributed by atoms with Gasteiger partial charge >= 0.3 is 0 Å². The van der Waals surface area contributed by atoms with Crippen LogP contribution in [0.25, 0.3) is 11.8 Å². The van der Waals surface area contributed by atoms with Gasteiger partial charge in [-0.25, -0.2) is 4.68 Å². The number of carbonyl (C=O) groups excluding carboxylic acids is 1. The summed E-state index contributed by atoms with van der Waals surface area (Å²) >= 11 is 12.0. The normalized spacial score (nSPS) is 11.2. The Morgan fingerprint density at radius 3 is 2.48 bits per heavy atom. The lowest BCUT2D eigenvalue weighted by molar-refractivity contribution is 0.104. The monoisotopic (exact) mass is 370 g/mol. The average molecular weight is 371 g/mol. The molecule has 0 aliphatic heterocycles. The molecule has 1 heterocycles. The predicted octanol–water partition coefficient (Wildman–Crippen LogP) is 5.69. The molecular weight excluding hydrogens is 355 g/mol. The number of halogens is 2. The van der Waals surface area contributed by atoms with E-state index in [0.29, 0.717) is 15.6 Å². The van der Waals surface area contributed by atoms with Gasteiger partial charge in [-0.2, -0.15) is 5.10 Å². The average Bonchev–Trinajstić information content (AvgIpc) is 2.88. The molecule has 0 fully saturated rings. The van der Waals surface area contributed by atoms with Gasteiger partial charge in [-0.3, -0.25) is 4.79 Å². The SMILES string of the molecule is Cc1nn(-c2ccccc2)c(C)c1/C=C/C(=O)c1ccc(Cl)cc1Cl. The van der Waals surface area contributed by atoms with Gasteiger partial charge in [0, 0.05) is 21.8 Å². The van der Waals surface area contributed by atoms with E-state index in [1.54, 1.807) is 24.3 Å².